The summed E-state index contributed by atoms with van der Waals surface area (Å²) in [5.41, 5.74) is 3.58. The van der Waals surface area contributed by atoms with E-state index in [2.05, 4.69) is 9.97 Å². The first kappa shape index (κ1) is 11.3. The van der Waals surface area contributed by atoms with E-state index < -0.39 is 5.97 Å². The molecule has 0 unspecified atom stereocenters. The SMILES string of the molecule is Cc1ccc(-c2nc(C(=O)O)ncc2C)cc1. The highest BCUT2D eigenvalue weighted by atomic mass is 16.4. The van der Waals surface area contributed by atoms with Crippen molar-refractivity contribution >= 4 is 5.97 Å². The minimum absolute atomic E-state index is 0.175. The molecule has 0 aliphatic rings. The molecule has 0 aliphatic carbocycles. The summed E-state index contributed by atoms with van der Waals surface area (Å²) in [6.07, 6.45) is 1.53. The van der Waals surface area contributed by atoms with Gasteiger partial charge >= 0.3 is 5.97 Å². The van der Waals surface area contributed by atoms with Crippen molar-refractivity contribution in [3.63, 3.8) is 0 Å². The Balaban J connectivity index is 2.54. The van der Waals surface area contributed by atoms with E-state index >= 15 is 0 Å². The topological polar surface area (TPSA) is 63.1 Å². The van der Waals surface area contributed by atoms with Crippen molar-refractivity contribution in [2.75, 3.05) is 0 Å². The highest BCUT2D eigenvalue weighted by molar-refractivity contribution is 5.84. The molecule has 0 bridgehead atoms. The molecule has 4 heteroatoms. The van der Waals surface area contributed by atoms with Crippen molar-refractivity contribution < 1.29 is 9.90 Å². The number of hydrogen-bond acceptors (Lipinski definition) is 3. The van der Waals surface area contributed by atoms with Gasteiger partial charge in [-0.2, -0.15) is 0 Å². The van der Waals surface area contributed by atoms with E-state index in [1.54, 1.807) is 0 Å². The van der Waals surface area contributed by atoms with Gasteiger partial charge in [-0.05, 0) is 19.4 Å². The minimum Gasteiger partial charge on any atom is -0.475 e. The van der Waals surface area contributed by atoms with Crippen LogP contribution >= 0.6 is 0 Å². The summed E-state index contributed by atoms with van der Waals surface area (Å²) >= 11 is 0. The highest BCUT2D eigenvalue weighted by Gasteiger charge is 2.11. The number of carbonyl (C=O) groups is 1. The van der Waals surface area contributed by atoms with Gasteiger partial charge in [-0.3, -0.25) is 0 Å². The standard InChI is InChI=1S/C13H12N2O2/c1-8-3-5-10(6-4-8)11-9(2)7-14-12(15-11)13(16)17/h3-7H,1-2H3,(H,16,17). The molecule has 0 radical (unpaired) electrons. The summed E-state index contributed by atoms with van der Waals surface area (Å²) in [4.78, 5) is 18.7. The van der Waals surface area contributed by atoms with E-state index in [1.165, 1.54) is 6.20 Å². The van der Waals surface area contributed by atoms with E-state index in [0.29, 0.717) is 5.69 Å². The van der Waals surface area contributed by atoms with Gasteiger partial charge in [-0.1, -0.05) is 29.8 Å². The number of aryl methyl sites for hydroxylation is 2. The molecule has 17 heavy (non-hydrogen) atoms. The fourth-order valence-corrected chi connectivity index (χ4v) is 1.55. The third-order valence-corrected chi connectivity index (χ3v) is 2.49. The van der Waals surface area contributed by atoms with Gasteiger partial charge in [-0.15, -0.1) is 0 Å². The maximum absolute atomic E-state index is 10.8. The second-order valence-electron chi connectivity index (χ2n) is 3.90. The van der Waals surface area contributed by atoms with Crippen LogP contribution in [0.2, 0.25) is 0 Å². The molecule has 1 N–H and O–H groups in total. The second-order valence-corrected chi connectivity index (χ2v) is 3.90. The molecule has 0 saturated heterocycles. The number of carboxylic acids is 1. The van der Waals surface area contributed by atoms with Gasteiger partial charge in [0.2, 0.25) is 5.82 Å². The number of rotatable bonds is 2. The van der Waals surface area contributed by atoms with Gasteiger partial charge in [0.15, 0.2) is 0 Å². The third kappa shape index (κ3) is 2.30. The average Bonchev–Trinajstić information content (AvgIpc) is 2.31. The van der Waals surface area contributed by atoms with Crippen molar-refractivity contribution in [1.29, 1.82) is 0 Å². The zero-order valence-electron chi connectivity index (χ0n) is 9.64. The number of carboxylic acid groups (broad SMARTS) is 1. The summed E-state index contributed by atoms with van der Waals surface area (Å²) < 4.78 is 0. The molecule has 0 aliphatic heterocycles. The molecule has 0 saturated carbocycles. The van der Waals surface area contributed by atoms with Crippen LogP contribution in [0.1, 0.15) is 21.7 Å². The Morgan fingerprint density at radius 1 is 1.18 bits per heavy atom. The lowest BCUT2D eigenvalue weighted by Gasteiger charge is -2.05. The largest absolute Gasteiger partial charge is 0.475 e. The predicted octanol–water partition coefficient (Wildman–Crippen LogP) is 2.46. The number of benzene rings is 1. The van der Waals surface area contributed by atoms with Gasteiger partial charge in [0.05, 0.1) is 5.69 Å². The molecule has 1 aromatic heterocycles. The lowest BCUT2D eigenvalue weighted by molar-refractivity contribution is 0.0683. The first-order valence-electron chi connectivity index (χ1n) is 5.22. The van der Waals surface area contributed by atoms with Crippen LogP contribution in [0.4, 0.5) is 0 Å². The number of hydrogen-bond donors (Lipinski definition) is 1. The van der Waals surface area contributed by atoms with Crippen LogP contribution in [0, 0.1) is 13.8 Å². The van der Waals surface area contributed by atoms with Crippen molar-refractivity contribution in [2.45, 2.75) is 13.8 Å². The lowest BCUT2D eigenvalue weighted by atomic mass is 10.1. The zero-order valence-corrected chi connectivity index (χ0v) is 9.64. The molecule has 2 rings (SSSR count). The summed E-state index contributed by atoms with van der Waals surface area (Å²) in [5.74, 6) is -1.29. The quantitative estimate of drug-likeness (QED) is 0.857. The Morgan fingerprint density at radius 3 is 2.41 bits per heavy atom. The van der Waals surface area contributed by atoms with Crippen LogP contribution in [0.25, 0.3) is 11.3 Å². The van der Waals surface area contributed by atoms with Crippen LogP contribution in [0.15, 0.2) is 30.5 Å². The van der Waals surface area contributed by atoms with Gasteiger partial charge in [0.25, 0.3) is 0 Å². The number of aromatic nitrogens is 2. The Hall–Kier alpha value is -2.23. The molecule has 1 heterocycles. The van der Waals surface area contributed by atoms with Crippen molar-refractivity contribution in [3.8, 4) is 11.3 Å². The van der Waals surface area contributed by atoms with Gasteiger partial charge in [0, 0.05) is 11.8 Å². The number of nitrogens with zero attached hydrogens (tertiary/aromatic N) is 2. The van der Waals surface area contributed by atoms with E-state index in [1.807, 2.05) is 38.1 Å². The van der Waals surface area contributed by atoms with Crippen LogP contribution in [0.3, 0.4) is 0 Å². The van der Waals surface area contributed by atoms with Crippen molar-refractivity contribution in [3.05, 3.63) is 47.4 Å². The van der Waals surface area contributed by atoms with Crippen LogP contribution in [-0.2, 0) is 0 Å². The van der Waals surface area contributed by atoms with Crippen LogP contribution < -0.4 is 0 Å². The summed E-state index contributed by atoms with van der Waals surface area (Å²) in [6.45, 7) is 3.86. The molecule has 4 nitrogen and oxygen atoms in total. The zero-order chi connectivity index (χ0) is 12.4. The Bertz CT molecular complexity index is 562. The van der Waals surface area contributed by atoms with Gasteiger partial charge in [0.1, 0.15) is 0 Å². The van der Waals surface area contributed by atoms with Crippen LogP contribution in [0.5, 0.6) is 0 Å². The van der Waals surface area contributed by atoms with E-state index in [4.69, 9.17) is 5.11 Å². The van der Waals surface area contributed by atoms with E-state index in [9.17, 15) is 4.79 Å². The first-order valence-corrected chi connectivity index (χ1v) is 5.22. The molecule has 86 valence electrons. The average molecular weight is 228 g/mol. The summed E-state index contributed by atoms with van der Waals surface area (Å²) in [7, 11) is 0. The maximum Gasteiger partial charge on any atom is 0.373 e. The van der Waals surface area contributed by atoms with Crippen LogP contribution in [-0.4, -0.2) is 21.0 Å². The molecule has 0 fully saturated rings. The van der Waals surface area contributed by atoms with Gasteiger partial charge < -0.3 is 5.11 Å². The molecule has 0 amide bonds. The second kappa shape index (κ2) is 4.33. The Morgan fingerprint density at radius 2 is 1.82 bits per heavy atom. The van der Waals surface area contributed by atoms with Gasteiger partial charge in [-0.25, -0.2) is 14.8 Å². The highest BCUT2D eigenvalue weighted by Crippen LogP contribution is 2.20. The predicted molar refractivity (Wildman–Crippen MR) is 63.9 cm³/mol. The summed E-state index contributed by atoms with van der Waals surface area (Å²) in [5, 5.41) is 8.87. The fraction of sp³-hybridized carbons (Fsp3) is 0.154. The normalized spacial score (nSPS) is 10.2. The Kier molecular flexibility index (Phi) is 2.87. The molecular formula is C13H12N2O2. The third-order valence-electron chi connectivity index (χ3n) is 2.49. The van der Waals surface area contributed by atoms with Crippen molar-refractivity contribution in [1.82, 2.24) is 9.97 Å². The minimum atomic E-state index is -1.11. The Labute approximate surface area is 99.0 Å². The molecule has 1 aromatic carbocycles. The first-order chi connectivity index (χ1) is 8.08. The van der Waals surface area contributed by atoms with Crippen molar-refractivity contribution in [2.24, 2.45) is 0 Å². The lowest BCUT2D eigenvalue weighted by Crippen LogP contribution is -2.05. The fourth-order valence-electron chi connectivity index (χ4n) is 1.55. The molecular weight excluding hydrogens is 216 g/mol. The van der Waals surface area contributed by atoms with E-state index in [0.717, 1.165) is 16.7 Å². The monoisotopic (exact) mass is 228 g/mol. The van der Waals surface area contributed by atoms with E-state index in [-0.39, 0.29) is 5.82 Å². The summed E-state index contributed by atoms with van der Waals surface area (Å²) in [6, 6.07) is 7.79. The maximum atomic E-state index is 10.8. The molecule has 0 spiro atoms. The molecule has 0 atom stereocenters. The number of aromatic carboxylic acids is 1. The smallest absolute Gasteiger partial charge is 0.373 e. The molecule has 2 aromatic rings.